The third-order valence-corrected chi connectivity index (χ3v) is 6.11. The molecule has 0 spiro atoms. The number of nitrogens with zero attached hydrogens (tertiary/aromatic N) is 2. The van der Waals surface area contributed by atoms with Crippen LogP contribution in [0.4, 0.5) is 8.78 Å². The molecule has 0 bridgehead atoms. The van der Waals surface area contributed by atoms with Crippen LogP contribution in [0.15, 0.2) is 67.5 Å². The molecule has 0 aliphatic heterocycles. The zero-order valence-corrected chi connectivity index (χ0v) is 21.4. The van der Waals surface area contributed by atoms with Crippen molar-refractivity contribution < 1.29 is 13.5 Å². The van der Waals surface area contributed by atoms with Gasteiger partial charge >= 0.3 is 0 Å². The average Bonchev–Trinajstić information content (AvgIpc) is 2.90. The summed E-state index contributed by atoms with van der Waals surface area (Å²) >= 11 is 0. The maximum atomic E-state index is 14.5. The van der Waals surface area contributed by atoms with E-state index in [9.17, 15) is 8.78 Å². The summed E-state index contributed by atoms with van der Waals surface area (Å²) in [7, 11) is 0. The van der Waals surface area contributed by atoms with Gasteiger partial charge in [0.2, 0.25) is 0 Å². The topological polar surface area (TPSA) is 35.0 Å². The van der Waals surface area contributed by atoms with Crippen molar-refractivity contribution in [1.82, 2.24) is 9.97 Å². The van der Waals surface area contributed by atoms with Crippen molar-refractivity contribution in [3.63, 3.8) is 0 Å². The smallest absolute Gasteiger partial charge is 0.170 e. The monoisotopic (exact) mass is 490 g/mol. The molecule has 0 fully saturated rings. The minimum Gasteiger partial charge on any atom is -0.379 e. The molecule has 0 aliphatic rings. The molecular weight excluding hydrogens is 454 g/mol. The SMILES string of the molecule is C=CCc1ccc(-c2ncc(-c3ccc(C=CCCCC(C)OCCCCC)cc3)cn2)c(F)c1F. The zero-order chi connectivity index (χ0) is 25.8. The summed E-state index contributed by atoms with van der Waals surface area (Å²) in [6.45, 7) is 8.79. The summed E-state index contributed by atoms with van der Waals surface area (Å²) in [6.07, 6.45) is 16.5. The van der Waals surface area contributed by atoms with E-state index in [-0.39, 0.29) is 23.4 Å². The Kier molecular flexibility index (Phi) is 11.0. The van der Waals surface area contributed by atoms with Gasteiger partial charge in [0.25, 0.3) is 0 Å². The molecule has 190 valence electrons. The van der Waals surface area contributed by atoms with Crippen LogP contribution in [0.3, 0.4) is 0 Å². The van der Waals surface area contributed by atoms with Crippen LogP contribution in [0.25, 0.3) is 28.6 Å². The molecule has 1 heterocycles. The molecule has 5 heteroatoms. The number of allylic oxidation sites excluding steroid dienone is 2. The zero-order valence-electron chi connectivity index (χ0n) is 21.4. The Morgan fingerprint density at radius 1 is 0.944 bits per heavy atom. The van der Waals surface area contributed by atoms with Crippen LogP contribution < -0.4 is 0 Å². The van der Waals surface area contributed by atoms with Crippen LogP contribution in [-0.2, 0) is 11.2 Å². The number of hydrogen-bond acceptors (Lipinski definition) is 3. The minimum atomic E-state index is -0.938. The molecule has 1 atom stereocenters. The number of hydrogen-bond donors (Lipinski definition) is 0. The van der Waals surface area contributed by atoms with Gasteiger partial charge in [0, 0.05) is 24.6 Å². The van der Waals surface area contributed by atoms with Gasteiger partial charge in [-0.1, -0.05) is 68.3 Å². The highest BCUT2D eigenvalue weighted by molar-refractivity contribution is 5.66. The predicted molar refractivity (Wildman–Crippen MR) is 145 cm³/mol. The third-order valence-electron chi connectivity index (χ3n) is 6.11. The molecule has 0 saturated heterocycles. The predicted octanol–water partition coefficient (Wildman–Crippen LogP) is 8.60. The first-order chi connectivity index (χ1) is 17.5. The van der Waals surface area contributed by atoms with Crippen molar-refractivity contribution in [1.29, 1.82) is 0 Å². The number of halogens is 2. The second kappa shape index (κ2) is 14.4. The molecule has 0 saturated carbocycles. The fourth-order valence-electron chi connectivity index (χ4n) is 3.94. The van der Waals surface area contributed by atoms with E-state index in [1.54, 1.807) is 18.5 Å². The first-order valence-electron chi connectivity index (χ1n) is 12.8. The lowest BCUT2D eigenvalue weighted by Crippen LogP contribution is -2.08. The summed E-state index contributed by atoms with van der Waals surface area (Å²) in [4.78, 5) is 8.55. The second-order valence-electron chi connectivity index (χ2n) is 9.03. The van der Waals surface area contributed by atoms with E-state index >= 15 is 0 Å². The normalized spacial score (nSPS) is 12.2. The first-order valence-corrected chi connectivity index (χ1v) is 12.8. The van der Waals surface area contributed by atoms with Crippen LogP contribution in [0.1, 0.15) is 63.5 Å². The summed E-state index contributed by atoms with van der Waals surface area (Å²) in [5.74, 6) is -1.67. The molecule has 2 aromatic carbocycles. The Hall–Kier alpha value is -3.18. The number of aromatic nitrogens is 2. The Labute approximate surface area is 214 Å². The van der Waals surface area contributed by atoms with Crippen LogP contribution in [0.5, 0.6) is 0 Å². The van der Waals surface area contributed by atoms with E-state index in [1.807, 2.05) is 24.3 Å². The standard InChI is InChI=1S/C31H36F2N2O/c1-4-6-10-20-36-23(3)12-8-7-9-13-24-14-16-25(17-15-24)27-21-34-31(35-22-27)28-19-18-26(11-5-2)29(32)30(28)33/h5,9,13-19,21-23H,2,4,6-8,10-12,20H2,1,3H3. The molecular formula is C31H36F2N2O. The van der Waals surface area contributed by atoms with Gasteiger partial charge in [0.05, 0.1) is 11.7 Å². The lowest BCUT2D eigenvalue weighted by molar-refractivity contribution is 0.0566. The molecule has 0 N–H and O–H groups in total. The van der Waals surface area contributed by atoms with E-state index in [4.69, 9.17) is 4.74 Å². The van der Waals surface area contributed by atoms with E-state index in [1.165, 1.54) is 25.0 Å². The van der Waals surface area contributed by atoms with Crippen LogP contribution in [0, 0.1) is 11.6 Å². The van der Waals surface area contributed by atoms with Gasteiger partial charge in [0.15, 0.2) is 17.5 Å². The van der Waals surface area contributed by atoms with Crippen molar-refractivity contribution in [2.75, 3.05) is 6.61 Å². The highest BCUT2D eigenvalue weighted by atomic mass is 19.2. The quantitative estimate of drug-likeness (QED) is 0.168. The Bertz CT molecular complexity index is 1120. The molecule has 3 rings (SSSR count). The van der Waals surface area contributed by atoms with Crippen LogP contribution >= 0.6 is 0 Å². The maximum absolute atomic E-state index is 14.5. The summed E-state index contributed by atoms with van der Waals surface area (Å²) in [6, 6.07) is 11.2. The van der Waals surface area contributed by atoms with Gasteiger partial charge in [-0.3, -0.25) is 0 Å². The molecule has 0 radical (unpaired) electrons. The number of benzene rings is 2. The molecule has 3 aromatic rings. The van der Waals surface area contributed by atoms with Gasteiger partial charge in [0.1, 0.15) is 0 Å². The molecule has 36 heavy (non-hydrogen) atoms. The van der Waals surface area contributed by atoms with Gasteiger partial charge in [-0.2, -0.15) is 0 Å². The van der Waals surface area contributed by atoms with Gasteiger partial charge in [-0.15, -0.1) is 6.58 Å². The number of ether oxygens (including phenoxy) is 1. The van der Waals surface area contributed by atoms with Gasteiger partial charge < -0.3 is 4.74 Å². The number of rotatable bonds is 14. The van der Waals surface area contributed by atoms with Crippen molar-refractivity contribution >= 4 is 6.08 Å². The van der Waals surface area contributed by atoms with E-state index in [2.05, 4.69) is 42.5 Å². The Morgan fingerprint density at radius 2 is 1.69 bits per heavy atom. The van der Waals surface area contributed by atoms with Gasteiger partial charge in [-0.25, -0.2) is 18.7 Å². The lowest BCUT2D eigenvalue weighted by atomic mass is 10.0. The highest BCUT2D eigenvalue weighted by Gasteiger charge is 2.16. The van der Waals surface area contributed by atoms with E-state index in [0.29, 0.717) is 6.10 Å². The van der Waals surface area contributed by atoms with Crippen molar-refractivity contribution in [2.24, 2.45) is 0 Å². The maximum Gasteiger partial charge on any atom is 0.170 e. The lowest BCUT2D eigenvalue weighted by Gasteiger charge is -2.12. The molecule has 1 unspecified atom stereocenters. The largest absolute Gasteiger partial charge is 0.379 e. The van der Waals surface area contributed by atoms with Gasteiger partial charge in [-0.05, 0) is 61.8 Å². The summed E-state index contributed by atoms with van der Waals surface area (Å²) in [5, 5.41) is 0. The summed E-state index contributed by atoms with van der Waals surface area (Å²) < 4.78 is 34.6. The molecule has 0 aliphatic carbocycles. The van der Waals surface area contributed by atoms with Crippen LogP contribution in [-0.4, -0.2) is 22.7 Å². The average molecular weight is 491 g/mol. The summed E-state index contributed by atoms with van der Waals surface area (Å²) in [5.41, 5.74) is 3.20. The fourth-order valence-corrected chi connectivity index (χ4v) is 3.94. The fraction of sp³-hybridized carbons (Fsp3) is 0.355. The van der Waals surface area contributed by atoms with Crippen molar-refractivity contribution in [2.45, 2.75) is 64.9 Å². The Morgan fingerprint density at radius 3 is 2.39 bits per heavy atom. The molecule has 3 nitrogen and oxygen atoms in total. The first kappa shape index (κ1) is 27.4. The Balaban J connectivity index is 1.52. The highest BCUT2D eigenvalue weighted by Crippen LogP contribution is 2.26. The van der Waals surface area contributed by atoms with Crippen molar-refractivity contribution in [3.8, 4) is 22.5 Å². The van der Waals surface area contributed by atoms with E-state index in [0.717, 1.165) is 49.0 Å². The number of unbranched alkanes of at least 4 members (excludes halogenated alkanes) is 3. The third kappa shape index (κ3) is 7.92. The molecule has 1 aromatic heterocycles. The molecule has 0 amide bonds. The minimum absolute atomic E-state index is 0.0461. The second-order valence-corrected chi connectivity index (χ2v) is 9.03. The van der Waals surface area contributed by atoms with Crippen LogP contribution in [0.2, 0.25) is 0 Å². The van der Waals surface area contributed by atoms with E-state index < -0.39 is 11.6 Å². The van der Waals surface area contributed by atoms with Crippen molar-refractivity contribution in [3.05, 3.63) is 90.3 Å².